The van der Waals surface area contributed by atoms with Crippen LogP contribution < -0.4 is 0 Å². The molecule has 0 heterocycles. The molecule has 3 heteroatoms. The summed E-state index contributed by atoms with van der Waals surface area (Å²) in [5.41, 5.74) is 2.18. The summed E-state index contributed by atoms with van der Waals surface area (Å²) in [5.74, 6) is 6.05. The van der Waals surface area contributed by atoms with Crippen LogP contribution in [0.15, 0.2) is 22.8 Å². The third-order valence-corrected chi connectivity index (χ3v) is 3.38. The summed E-state index contributed by atoms with van der Waals surface area (Å²) < 4.78 is 0. The zero-order chi connectivity index (χ0) is 13.9. The van der Waals surface area contributed by atoms with Crippen LogP contribution in [0.3, 0.4) is 0 Å². The molecule has 0 saturated heterocycles. The molecule has 1 aliphatic rings. The Balaban J connectivity index is 3.15. The fraction of sp³-hybridized carbons (Fsp3) is 0.600. The summed E-state index contributed by atoms with van der Waals surface area (Å²) in [5, 5.41) is 28.4. The van der Waals surface area contributed by atoms with Gasteiger partial charge >= 0.3 is 0 Å². The molecule has 3 nitrogen and oxygen atoms in total. The first-order valence-corrected chi connectivity index (χ1v) is 6.16. The lowest BCUT2D eigenvalue weighted by Crippen LogP contribution is -2.39. The van der Waals surface area contributed by atoms with Crippen molar-refractivity contribution in [3.05, 3.63) is 22.8 Å². The minimum atomic E-state index is -0.829. The minimum Gasteiger partial charge on any atom is -0.392 e. The largest absolute Gasteiger partial charge is 0.392 e. The summed E-state index contributed by atoms with van der Waals surface area (Å²) in [4.78, 5) is 0. The molecule has 0 aliphatic heterocycles. The molecule has 0 fully saturated rings. The monoisotopic (exact) mass is 250 g/mol. The minimum absolute atomic E-state index is 0.0245. The maximum atomic E-state index is 9.89. The van der Waals surface area contributed by atoms with E-state index in [-0.39, 0.29) is 12.0 Å². The second-order valence-corrected chi connectivity index (χ2v) is 5.48. The topological polar surface area (TPSA) is 60.7 Å². The van der Waals surface area contributed by atoms with Crippen LogP contribution in [0.5, 0.6) is 0 Å². The van der Waals surface area contributed by atoms with E-state index < -0.39 is 12.2 Å². The number of hydrogen-bond acceptors (Lipinski definition) is 3. The van der Waals surface area contributed by atoms with Crippen molar-refractivity contribution in [1.82, 2.24) is 0 Å². The standard InChI is InChI=1S/C15H22O3/c1-10(7-8-16)5-6-12-11(2)14(18)13(17)9-15(12,3)4/h7,13-14,16-18H,8-9H2,1-4H3/b10-7+. The summed E-state index contributed by atoms with van der Waals surface area (Å²) in [6.07, 6.45) is 0.589. The highest BCUT2D eigenvalue weighted by Gasteiger charge is 2.37. The van der Waals surface area contributed by atoms with E-state index in [0.717, 1.165) is 16.7 Å². The molecule has 0 aromatic rings. The Morgan fingerprint density at radius 2 is 2.06 bits per heavy atom. The Bertz CT molecular complexity index is 432. The third-order valence-electron chi connectivity index (χ3n) is 3.38. The van der Waals surface area contributed by atoms with Crippen molar-refractivity contribution >= 4 is 0 Å². The van der Waals surface area contributed by atoms with E-state index in [1.54, 1.807) is 6.08 Å². The Morgan fingerprint density at radius 1 is 1.44 bits per heavy atom. The molecule has 2 atom stereocenters. The molecule has 0 saturated carbocycles. The third kappa shape index (κ3) is 3.23. The highest BCUT2D eigenvalue weighted by Crippen LogP contribution is 2.39. The first-order valence-electron chi connectivity index (χ1n) is 6.16. The molecule has 0 bridgehead atoms. The van der Waals surface area contributed by atoms with Gasteiger partial charge in [-0.1, -0.05) is 25.7 Å². The van der Waals surface area contributed by atoms with Gasteiger partial charge in [-0.2, -0.15) is 0 Å². The Hall–Kier alpha value is -1.08. The molecule has 3 N–H and O–H groups in total. The van der Waals surface area contributed by atoms with Gasteiger partial charge in [0.25, 0.3) is 0 Å². The van der Waals surface area contributed by atoms with Gasteiger partial charge in [0, 0.05) is 11.0 Å². The molecular formula is C15H22O3. The zero-order valence-electron chi connectivity index (χ0n) is 11.5. The van der Waals surface area contributed by atoms with E-state index in [1.165, 1.54) is 0 Å². The van der Waals surface area contributed by atoms with E-state index >= 15 is 0 Å². The molecule has 0 radical (unpaired) electrons. The van der Waals surface area contributed by atoms with E-state index in [2.05, 4.69) is 11.8 Å². The molecule has 0 aromatic heterocycles. The summed E-state index contributed by atoms with van der Waals surface area (Å²) in [6, 6.07) is 0. The molecule has 100 valence electrons. The second-order valence-electron chi connectivity index (χ2n) is 5.48. The van der Waals surface area contributed by atoms with Gasteiger partial charge < -0.3 is 15.3 Å². The molecule has 2 unspecified atom stereocenters. The van der Waals surface area contributed by atoms with Gasteiger partial charge in [-0.25, -0.2) is 0 Å². The van der Waals surface area contributed by atoms with Crippen molar-refractivity contribution < 1.29 is 15.3 Å². The molecule has 0 aromatic carbocycles. The van der Waals surface area contributed by atoms with Crippen LogP contribution in [-0.2, 0) is 0 Å². The normalized spacial score (nSPS) is 27.8. The van der Waals surface area contributed by atoms with Gasteiger partial charge in [0.05, 0.1) is 12.7 Å². The fourth-order valence-electron chi connectivity index (χ4n) is 2.32. The van der Waals surface area contributed by atoms with E-state index in [9.17, 15) is 10.2 Å². The lowest BCUT2D eigenvalue weighted by Gasteiger charge is -2.37. The van der Waals surface area contributed by atoms with Crippen LogP contribution in [0, 0.1) is 17.3 Å². The smallest absolute Gasteiger partial charge is 0.102 e. The SMILES string of the molecule is CC1=C(C#C/C(C)=C/CO)C(C)(C)CC(O)C1O. The molecule has 1 aliphatic carbocycles. The van der Waals surface area contributed by atoms with Crippen molar-refractivity contribution in [2.24, 2.45) is 5.41 Å². The molecule has 0 spiro atoms. The average molecular weight is 250 g/mol. The number of aliphatic hydroxyl groups is 3. The maximum absolute atomic E-state index is 9.89. The predicted molar refractivity (Wildman–Crippen MR) is 71.7 cm³/mol. The first kappa shape index (κ1) is 15.0. The Morgan fingerprint density at radius 3 is 2.61 bits per heavy atom. The maximum Gasteiger partial charge on any atom is 0.102 e. The van der Waals surface area contributed by atoms with Crippen molar-refractivity contribution in [2.75, 3.05) is 6.61 Å². The van der Waals surface area contributed by atoms with Gasteiger partial charge in [0.15, 0.2) is 0 Å². The van der Waals surface area contributed by atoms with Crippen molar-refractivity contribution in [2.45, 2.75) is 46.3 Å². The van der Waals surface area contributed by atoms with Crippen molar-refractivity contribution in [3.8, 4) is 11.8 Å². The fourth-order valence-corrected chi connectivity index (χ4v) is 2.32. The van der Waals surface area contributed by atoms with Gasteiger partial charge in [-0.05, 0) is 37.5 Å². The van der Waals surface area contributed by atoms with Gasteiger partial charge in [0.2, 0.25) is 0 Å². The first-order chi connectivity index (χ1) is 8.29. The average Bonchev–Trinajstić information content (AvgIpc) is 2.25. The highest BCUT2D eigenvalue weighted by atomic mass is 16.3. The number of rotatable bonds is 1. The second kappa shape index (κ2) is 5.71. The summed E-state index contributed by atoms with van der Waals surface area (Å²) >= 11 is 0. The highest BCUT2D eigenvalue weighted by molar-refractivity contribution is 5.45. The van der Waals surface area contributed by atoms with Crippen LogP contribution in [-0.4, -0.2) is 34.1 Å². The summed E-state index contributed by atoms with van der Waals surface area (Å²) in [7, 11) is 0. The predicted octanol–water partition coefficient (Wildman–Crippen LogP) is 1.40. The zero-order valence-corrected chi connectivity index (χ0v) is 11.5. The lowest BCUT2D eigenvalue weighted by atomic mass is 9.71. The van der Waals surface area contributed by atoms with Gasteiger partial charge in [0.1, 0.15) is 6.10 Å². The van der Waals surface area contributed by atoms with Crippen LogP contribution in [0.25, 0.3) is 0 Å². The van der Waals surface area contributed by atoms with E-state index in [0.29, 0.717) is 6.42 Å². The van der Waals surface area contributed by atoms with Crippen LogP contribution in [0.1, 0.15) is 34.1 Å². The van der Waals surface area contributed by atoms with Crippen LogP contribution >= 0.6 is 0 Å². The van der Waals surface area contributed by atoms with Crippen molar-refractivity contribution in [3.63, 3.8) is 0 Å². The Labute approximate surface area is 109 Å². The van der Waals surface area contributed by atoms with Crippen molar-refractivity contribution in [1.29, 1.82) is 0 Å². The number of aliphatic hydroxyl groups excluding tert-OH is 3. The number of hydrogen-bond donors (Lipinski definition) is 3. The molecule has 1 rings (SSSR count). The molecular weight excluding hydrogens is 228 g/mol. The summed E-state index contributed by atoms with van der Waals surface area (Å²) in [6.45, 7) is 7.65. The van der Waals surface area contributed by atoms with Gasteiger partial charge in [-0.3, -0.25) is 0 Å². The molecule has 18 heavy (non-hydrogen) atoms. The molecule has 0 amide bonds. The lowest BCUT2D eigenvalue weighted by molar-refractivity contribution is 0.00721. The quantitative estimate of drug-likeness (QED) is 0.616. The van der Waals surface area contributed by atoms with Gasteiger partial charge in [-0.15, -0.1) is 0 Å². The van der Waals surface area contributed by atoms with Crippen LogP contribution in [0.2, 0.25) is 0 Å². The Kier molecular flexibility index (Phi) is 4.75. The van der Waals surface area contributed by atoms with Crippen LogP contribution in [0.4, 0.5) is 0 Å². The van der Waals surface area contributed by atoms with E-state index in [1.807, 2.05) is 27.7 Å². The van der Waals surface area contributed by atoms with E-state index in [4.69, 9.17) is 5.11 Å². The number of allylic oxidation sites excluding steroid dienone is 2.